The van der Waals surface area contributed by atoms with Gasteiger partial charge in [-0.1, -0.05) is 0 Å². The lowest BCUT2D eigenvalue weighted by Crippen LogP contribution is -2.31. The van der Waals surface area contributed by atoms with E-state index >= 15 is 0 Å². The molecule has 1 rings (SSSR count). The molecule has 0 bridgehead atoms. The minimum atomic E-state index is -0.716. The molecule has 0 radical (unpaired) electrons. The minimum Gasteiger partial charge on any atom is -0.512 e. The third-order valence-electron chi connectivity index (χ3n) is 5.53. The summed E-state index contributed by atoms with van der Waals surface area (Å²) in [7, 11) is 0. The van der Waals surface area contributed by atoms with E-state index in [9.17, 15) is 29.7 Å². The topological polar surface area (TPSA) is 177 Å². The average Bonchev–Trinajstić information content (AvgIpc) is 2.84. The van der Waals surface area contributed by atoms with Crippen LogP contribution in [0.4, 0.5) is 0 Å². The summed E-state index contributed by atoms with van der Waals surface area (Å²) in [6.07, 6.45) is 4.94. The Morgan fingerprint density at radius 1 is 0.590 bits per heavy atom. The van der Waals surface area contributed by atoms with Crippen LogP contribution in [0.3, 0.4) is 0 Å². The first-order chi connectivity index (χ1) is 18.4. The third kappa shape index (κ3) is 11.1. The fourth-order valence-electron chi connectivity index (χ4n) is 3.64. The molecule has 0 aliphatic heterocycles. The quantitative estimate of drug-likeness (QED) is 0.108. The van der Waals surface area contributed by atoms with Gasteiger partial charge in [-0.15, -0.1) is 0 Å². The number of hydrogen-bond donors (Lipinski definition) is 3. The first kappa shape index (κ1) is 33.1. The molecule has 0 heterocycles. The molecule has 0 atom stereocenters. The summed E-state index contributed by atoms with van der Waals surface area (Å²) < 4.78 is 14.9. The number of aliphatic hydroxyl groups excluding tert-OH is 3. The SMILES string of the molecule is CCOC(=O)/C(C=NC1CC(N=C/C(C(=O)OCC)=C(/C)O)CC(N=C/C(C(=O)OCC)=C(/C)O)C1)=C(\C)O. The Morgan fingerprint density at radius 2 is 0.821 bits per heavy atom. The van der Waals surface area contributed by atoms with Gasteiger partial charge in [0.15, 0.2) is 0 Å². The number of carbonyl (C=O) groups is 3. The molecule has 1 fully saturated rings. The predicted molar refractivity (Wildman–Crippen MR) is 147 cm³/mol. The van der Waals surface area contributed by atoms with Crippen molar-refractivity contribution in [3.8, 4) is 0 Å². The van der Waals surface area contributed by atoms with Gasteiger partial charge in [-0.25, -0.2) is 14.4 Å². The molecule has 0 aromatic rings. The largest absolute Gasteiger partial charge is 0.512 e. The number of nitrogens with zero attached hydrogens (tertiary/aromatic N) is 3. The summed E-state index contributed by atoms with van der Waals surface area (Å²) in [5.74, 6) is -2.89. The normalized spacial score (nSPS) is 21.8. The molecule has 1 aliphatic carbocycles. The molecule has 216 valence electrons. The Balaban J connectivity index is 3.34. The van der Waals surface area contributed by atoms with Gasteiger partial charge in [0.25, 0.3) is 0 Å². The molecular formula is C27H39N3O9. The summed E-state index contributed by atoms with van der Waals surface area (Å²) in [4.78, 5) is 49.9. The Bertz CT molecular complexity index is 919. The van der Waals surface area contributed by atoms with Crippen molar-refractivity contribution in [2.75, 3.05) is 19.8 Å². The predicted octanol–water partition coefficient (Wildman–Crippen LogP) is 3.67. The average molecular weight is 550 g/mol. The summed E-state index contributed by atoms with van der Waals surface area (Å²) in [6.45, 7) is 9.36. The van der Waals surface area contributed by atoms with E-state index in [1.165, 1.54) is 39.4 Å². The highest BCUT2D eigenvalue weighted by Gasteiger charge is 2.29. The summed E-state index contributed by atoms with van der Waals surface area (Å²) in [6, 6.07) is -1.24. The van der Waals surface area contributed by atoms with Crippen LogP contribution in [-0.2, 0) is 28.6 Å². The van der Waals surface area contributed by atoms with Crippen LogP contribution in [0.5, 0.6) is 0 Å². The summed E-state index contributed by atoms with van der Waals surface area (Å²) in [5.41, 5.74) is -0.266. The fourth-order valence-corrected chi connectivity index (χ4v) is 3.64. The standard InChI is InChI=1S/C27H39N3O9/c1-7-37-25(34)22(16(4)31)13-28-19-10-20(29-14-23(17(5)32)26(35)38-8-2)12-21(11-19)30-15-24(18(6)33)27(36)39-9-3/h13-15,19-21,31-33H,7-12H2,1-6H3/b22-16+,23-17+,24-18+,28-13?,29-14?,30-15?. The second-order valence-corrected chi connectivity index (χ2v) is 8.66. The first-order valence-corrected chi connectivity index (χ1v) is 12.7. The van der Waals surface area contributed by atoms with Crippen LogP contribution in [-0.4, -0.2) is 89.8 Å². The summed E-state index contributed by atoms with van der Waals surface area (Å²) >= 11 is 0. The fraction of sp³-hybridized carbons (Fsp3) is 0.556. The van der Waals surface area contributed by atoms with Gasteiger partial charge in [-0.2, -0.15) is 0 Å². The van der Waals surface area contributed by atoms with Crippen molar-refractivity contribution in [2.24, 2.45) is 15.0 Å². The van der Waals surface area contributed by atoms with Crippen LogP contribution in [0.15, 0.2) is 49.0 Å². The highest BCUT2D eigenvalue weighted by molar-refractivity contribution is 6.11. The third-order valence-corrected chi connectivity index (χ3v) is 5.53. The van der Waals surface area contributed by atoms with Crippen molar-refractivity contribution in [1.82, 2.24) is 0 Å². The first-order valence-electron chi connectivity index (χ1n) is 12.7. The highest BCUT2D eigenvalue weighted by Crippen LogP contribution is 2.27. The molecule has 3 N–H and O–H groups in total. The zero-order chi connectivity index (χ0) is 29.5. The maximum atomic E-state index is 12.2. The van der Waals surface area contributed by atoms with Crippen LogP contribution in [0.1, 0.15) is 60.8 Å². The number of carbonyl (C=O) groups excluding carboxylic acids is 3. The number of aliphatic hydroxyl groups is 3. The van der Waals surface area contributed by atoms with E-state index in [1.54, 1.807) is 20.8 Å². The monoisotopic (exact) mass is 549 g/mol. The van der Waals surface area contributed by atoms with Gasteiger partial charge in [-0.05, 0) is 60.8 Å². The molecule has 0 aromatic heterocycles. The molecule has 12 heteroatoms. The zero-order valence-corrected chi connectivity index (χ0v) is 23.3. The molecule has 0 saturated heterocycles. The van der Waals surface area contributed by atoms with E-state index in [4.69, 9.17) is 14.2 Å². The van der Waals surface area contributed by atoms with Gasteiger partial charge in [0.2, 0.25) is 0 Å². The zero-order valence-electron chi connectivity index (χ0n) is 23.3. The lowest BCUT2D eigenvalue weighted by atomic mass is 9.87. The molecule has 0 amide bonds. The number of esters is 3. The smallest absolute Gasteiger partial charge is 0.343 e. The second kappa shape index (κ2) is 16.8. The van der Waals surface area contributed by atoms with E-state index in [-0.39, 0.29) is 53.8 Å². The van der Waals surface area contributed by atoms with Gasteiger partial charge in [0.1, 0.15) is 34.0 Å². The molecule has 0 aromatic carbocycles. The van der Waals surface area contributed by atoms with Crippen molar-refractivity contribution < 1.29 is 43.9 Å². The highest BCUT2D eigenvalue weighted by atomic mass is 16.5. The number of hydrogen-bond acceptors (Lipinski definition) is 12. The number of aliphatic imine (C=N–C) groups is 3. The Hall–Kier alpha value is -3.96. The lowest BCUT2D eigenvalue weighted by molar-refractivity contribution is -0.139. The number of allylic oxidation sites excluding steroid dienone is 3. The van der Waals surface area contributed by atoms with Crippen LogP contribution >= 0.6 is 0 Å². The Labute approximate surface area is 228 Å². The lowest BCUT2D eigenvalue weighted by Gasteiger charge is -2.29. The van der Waals surface area contributed by atoms with Gasteiger partial charge in [-0.3, -0.25) is 15.0 Å². The van der Waals surface area contributed by atoms with Crippen LogP contribution in [0.25, 0.3) is 0 Å². The maximum Gasteiger partial charge on any atom is 0.343 e. The number of rotatable bonds is 12. The van der Waals surface area contributed by atoms with E-state index in [0.29, 0.717) is 19.3 Å². The van der Waals surface area contributed by atoms with Crippen LogP contribution in [0, 0.1) is 0 Å². The Kier molecular flexibility index (Phi) is 14.2. The van der Waals surface area contributed by atoms with Crippen molar-refractivity contribution in [3.05, 3.63) is 34.0 Å². The van der Waals surface area contributed by atoms with Gasteiger partial charge in [0, 0.05) is 18.6 Å². The molecular weight excluding hydrogens is 510 g/mol. The van der Waals surface area contributed by atoms with E-state index in [0.717, 1.165) is 0 Å². The van der Waals surface area contributed by atoms with Crippen molar-refractivity contribution in [1.29, 1.82) is 0 Å². The van der Waals surface area contributed by atoms with E-state index in [1.807, 2.05) is 0 Å². The van der Waals surface area contributed by atoms with Gasteiger partial charge < -0.3 is 29.5 Å². The molecule has 39 heavy (non-hydrogen) atoms. The van der Waals surface area contributed by atoms with Gasteiger partial charge >= 0.3 is 17.9 Å². The number of ether oxygens (including phenoxy) is 3. The van der Waals surface area contributed by atoms with E-state index in [2.05, 4.69) is 15.0 Å². The molecule has 0 spiro atoms. The van der Waals surface area contributed by atoms with Crippen LogP contribution < -0.4 is 0 Å². The molecule has 0 unspecified atom stereocenters. The molecule has 1 aliphatic rings. The minimum absolute atomic E-state index is 0.0885. The summed E-state index contributed by atoms with van der Waals surface area (Å²) in [5, 5.41) is 29.8. The molecule has 12 nitrogen and oxygen atoms in total. The Morgan fingerprint density at radius 3 is 1.00 bits per heavy atom. The van der Waals surface area contributed by atoms with Crippen molar-refractivity contribution in [3.63, 3.8) is 0 Å². The van der Waals surface area contributed by atoms with Gasteiger partial charge in [0.05, 0.1) is 37.9 Å². The second-order valence-electron chi connectivity index (χ2n) is 8.66. The van der Waals surface area contributed by atoms with E-state index < -0.39 is 36.0 Å². The maximum absolute atomic E-state index is 12.2. The van der Waals surface area contributed by atoms with Crippen LogP contribution in [0.2, 0.25) is 0 Å². The van der Waals surface area contributed by atoms with Crippen molar-refractivity contribution in [2.45, 2.75) is 78.9 Å². The molecule has 1 saturated carbocycles. The van der Waals surface area contributed by atoms with Crippen molar-refractivity contribution >= 4 is 36.6 Å².